The molecular formula is C15H18FNO3S. The van der Waals surface area contributed by atoms with Crippen molar-refractivity contribution in [2.24, 2.45) is 0 Å². The maximum Gasteiger partial charge on any atom is 0.206 e. The smallest absolute Gasteiger partial charge is 0.206 e. The Morgan fingerprint density at radius 3 is 2.76 bits per heavy atom. The number of ether oxygens (including phenoxy) is 1. The number of halogens is 1. The summed E-state index contributed by atoms with van der Waals surface area (Å²) in [5.41, 5.74) is 0.575. The Morgan fingerprint density at radius 1 is 1.38 bits per heavy atom. The molecule has 0 aliphatic carbocycles. The number of hydrogen-bond donors (Lipinski definition) is 0. The molecule has 0 bridgehead atoms. The van der Waals surface area contributed by atoms with Crippen LogP contribution >= 0.6 is 0 Å². The summed E-state index contributed by atoms with van der Waals surface area (Å²) < 4.78 is 36.1. The summed E-state index contributed by atoms with van der Waals surface area (Å²) in [7, 11) is 0.258. The minimum Gasteiger partial charge on any atom is -0.496 e. The van der Waals surface area contributed by atoms with E-state index in [0.29, 0.717) is 17.2 Å². The Labute approximate surface area is 125 Å². The molecule has 0 unspecified atom stereocenters. The summed E-state index contributed by atoms with van der Waals surface area (Å²) in [5, 5.41) is 0. The predicted molar refractivity (Wildman–Crippen MR) is 79.1 cm³/mol. The van der Waals surface area contributed by atoms with Gasteiger partial charge in [-0.1, -0.05) is 13.8 Å². The van der Waals surface area contributed by atoms with Gasteiger partial charge in [0.2, 0.25) is 5.89 Å². The highest BCUT2D eigenvalue weighted by molar-refractivity contribution is 7.83. The van der Waals surface area contributed by atoms with Gasteiger partial charge >= 0.3 is 0 Å². The first-order valence-electron chi connectivity index (χ1n) is 6.61. The Kier molecular flexibility index (Phi) is 5.12. The summed E-state index contributed by atoms with van der Waals surface area (Å²) in [5.74, 6) is 1.99. The van der Waals surface area contributed by atoms with Crippen LogP contribution in [0.3, 0.4) is 0 Å². The zero-order valence-corrected chi connectivity index (χ0v) is 13.1. The third-order valence-corrected chi connectivity index (χ3v) is 4.19. The van der Waals surface area contributed by atoms with Crippen LogP contribution in [0.15, 0.2) is 28.8 Å². The van der Waals surface area contributed by atoms with E-state index in [-0.39, 0.29) is 23.2 Å². The molecular weight excluding hydrogens is 293 g/mol. The summed E-state index contributed by atoms with van der Waals surface area (Å²) in [6, 6.07) is 4.18. The maximum absolute atomic E-state index is 13.3. The first-order chi connectivity index (χ1) is 9.99. The molecule has 21 heavy (non-hydrogen) atoms. The second-order valence-corrected chi connectivity index (χ2v) is 6.45. The van der Waals surface area contributed by atoms with Crippen LogP contribution in [0.25, 0.3) is 0 Å². The van der Waals surface area contributed by atoms with Gasteiger partial charge in [0.05, 0.1) is 19.1 Å². The maximum atomic E-state index is 13.3. The fourth-order valence-corrected chi connectivity index (χ4v) is 2.96. The number of nitrogens with zero attached hydrogens (tertiary/aromatic N) is 1. The van der Waals surface area contributed by atoms with Crippen LogP contribution in [0.5, 0.6) is 5.75 Å². The second kappa shape index (κ2) is 6.85. The van der Waals surface area contributed by atoms with E-state index >= 15 is 0 Å². The zero-order valence-electron chi connectivity index (χ0n) is 12.3. The molecule has 2 aromatic rings. The molecule has 0 aliphatic rings. The van der Waals surface area contributed by atoms with E-state index in [1.165, 1.54) is 25.3 Å². The van der Waals surface area contributed by atoms with Gasteiger partial charge in [-0.25, -0.2) is 9.37 Å². The minimum atomic E-state index is -1.24. The Morgan fingerprint density at radius 2 is 2.14 bits per heavy atom. The van der Waals surface area contributed by atoms with E-state index in [1.54, 1.807) is 6.20 Å². The predicted octanol–water partition coefficient (Wildman–Crippen LogP) is 3.39. The van der Waals surface area contributed by atoms with Crippen molar-refractivity contribution in [1.82, 2.24) is 4.98 Å². The lowest BCUT2D eigenvalue weighted by atomic mass is 10.2. The van der Waals surface area contributed by atoms with Crippen molar-refractivity contribution in [2.75, 3.05) is 7.11 Å². The molecule has 0 spiro atoms. The van der Waals surface area contributed by atoms with Crippen molar-refractivity contribution >= 4 is 10.8 Å². The quantitative estimate of drug-likeness (QED) is 0.820. The van der Waals surface area contributed by atoms with Crippen LogP contribution in [0.2, 0.25) is 0 Å². The van der Waals surface area contributed by atoms with Crippen molar-refractivity contribution in [3.8, 4) is 5.75 Å². The van der Waals surface area contributed by atoms with Gasteiger partial charge in [0.1, 0.15) is 23.1 Å². The van der Waals surface area contributed by atoms with Gasteiger partial charge in [-0.15, -0.1) is 0 Å². The monoisotopic (exact) mass is 311 g/mol. The molecule has 0 aliphatic heterocycles. The van der Waals surface area contributed by atoms with E-state index in [1.807, 2.05) is 13.8 Å². The van der Waals surface area contributed by atoms with Crippen molar-refractivity contribution < 1.29 is 17.8 Å². The molecule has 0 radical (unpaired) electrons. The summed E-state index contributed by atoms with van der Waals surface area (Å²) in [6.45, 7) is 4.00. The van der Waals surface area contributed by atoms with Crippen molar-refractivity contribution in [1.29, 1.82) is 0 Å². The van der Waals surface area contributed by atoms with Crippen LogP contribution in [-0.4, -0.2) is 16.3 Å². The average Bonchev–Trinajstić information content (AvgIpc) is 2.87. The second-order valence-electron chi connectivity index (χ2n) is 5.00. The molecule has 6 heteroatoms. The Bertz CT molecular complexity index is 640. The van der Waals surface area contributed by atoms with E-state index in [2.05, 4.69) is 4.98 Å². The number of benzene rings is 1. The number of aromatic nitrogens is 1. The highest BCUT2D eigenvalue weighted by atomic mass is 32.2. The highest BCUT2D eigenvalue weighted by Crippen LogP contribution is 2.22. The van der Waals surface area contributed by atoms with Crippen LogP contribution in [0.4, 0.5) is 4.39 Å². The number of hydrogen-bond acceptors (Lipinski definition) is 4. The van der Waals surface area contributed by atoms with Gasteiger partial charge in [0.15, 0.2) is 0 Å². The van der Waals surface area contributed by atoms with Crippen LogP contribution in [0.1, 0.15) is 37.0 Å². The normalized spacial score (nSPS) is 12.6. The van der Waals surface area contributed by atoms with Crippen molar-refractivity contribution in [2.45, 2.75) is 31.3 Å². The fraction of sp³-hybridized carbons (Fsp3) is 0.400. The zero-order chi connectivity index (χ0) is 15.4. The SMILES string of the molecule is COc1ccc(F)cc1C[S@](=O)Cc1ncc(C(C)C)o1. The summed E-state index contributed by atoms with van der Waals surface area (Å²) in [4.78, 5) is 4.11. The third-order valence-electron chi connectivity index (χ3n) is 2.98. The Hall–Kier alpha value is -1.69. The number of rotatable bonds is 6. The third kappa shape index (κ3) is 4.14. The molecule has 2 rings (SSSR count). The van der Waals surface area contributed by atoms with Crippen LogP contribution < -0.4 is 4.74 Å². The molecule has 1 aromatic heterocycles. The molecule has 4 nitrogen and oxygen atoms in total. The van der Waals surface area contributed by atoms with E-state index in [4.69, 9.17) is 9.15 Å². The average molecular weight is 311 g/mol. The van der Waals surface area contributed by atoms with Gasteiger partial charge in [-0.05, 0) is 18.2 Å². The van der Waals surface area contributed by atoms with E-state index in [0.717, 1.165) is 5.76 Å². The molecule has 0 N–H and O–H groups in total. The van der Waals surface area contributed by atoms with Crippen LogP contribution in [0, 0.1) is 5.82 Å². The first-order valence-corrected chi connectivity index (χ1v) is 8.10. The number of methoxy groups -OCH3 is 1. The highest BCUT2D eigenvalue weighted by Gasteiger charge is 2.13. The molecule has 0 amide bonds. The largest absolute Gasteiger partial charge is 0.496 e. The lowest BCUT2D eigenvalue weighted by Crippen LogP contribution is -2.02. The van der Waals surface area contributed by atoms with Gasteiger partial charge in [-0.2, -0.15) is 0 Å². The molecule has 0 saturated heterocycles. The van der Waals surface area contributed by atoms with Gasteiger partial charge < -0.3 is 9.15 Å². The molecule has 1 aromatic carbocycles. The molecule has 1 atom stereocenters. The van der Waals surface area contributed by atoms with Gasteiger partial charge in [0.25, 0.3) is 0 Å². The lowest BCUT2D eigenvalue weighted by Gasteiger charge is -2.07. The lowest BCUT2D eigenvalue weighted by molar-refractivity contribution is 0.410. The summed E-state index contributed by atoms with van der Waals surface area (Å²) >= 11 is 0. The number of oxazole rings is 1. The van der Waals surface area contributed by atoms with Crippen molar-refractivity contribution in [3.63, 3.8) is 0 Å². The molecule has 0 fully saturated rings. The van der Waals surface area contributed by atoms with Crippen LogP contribution in [-0.2, 0) is 22.3 Å². The Balaban J connectivity index is 2.06. The standard InChI is InChI=1S/C15H18FNO3S/c1-10(2)14-7-17-15(20-14)9-21(18)8-11-6-12(16)4-5-13(11)19-3/h4-7,10H,8-9H2,1-3H3/t21-/m0/s1. The summed E-state index contributed by atoms with van der Waals surface area (Å²) in [6.07, 6.45) is 1.65. The van der Waals surface area contributed by atoms with E-state index in [9.17, 15) is 8.60 Å². The fourth-order valence-electron chi connectivity index (χ4n) is 1.88. The topological polar surface area (TPSA) is 52.3 Å². The molecule has 114 valence electrons. The molecule has 1 heterocycles. The van der Waals surface area contributed by atoms with Crippen molar-refractivity contribution in [3.05, 3.63) is 47.4 Å². The van der Waals surface area contributed by atoms with Gasteiger partial charge in [-0.3, -0.25) is 4.21 Å². The van der Waals surface area contributed by atoms with Gasteiger partial charge in [0, 0.05) is 22.3 Å². The van der Waals surface area contributed by atoms with E-state index < -0.39 is 10.8 Å². The molecule has 0 saturated carbocycles. The minimum absolute atomic E-state index is 0.195. The first kappa shape index (κ1) is 15.7.